The Kier molecular flexibility index (Phi) is 3.89. The average Bonchev–Trinajstić information content (AvgIpc) is 2.52. The summed E-state index contributed by atoms with van der Waals surface area (Å²) in [7, 11) is 0. The molecule has 0 aromatic heterocycles. The maximum Gasteiger partial charge on any atom is 0.573 e. The van der Waals surface area contributed by atoms with E-state index in [0.717, 1.165) is 10.8 Å². The second kappa shape index (κ2) is 5.88. The molecule has 0 amide bonds. The Morgan fingerprint density at radius 3 is 2.21 bits per heavy atom. The zero-order chi connectivity index (χ0) is 17.3. The van der Waals surface area contributed by atoms with E-state index in [4.69, 9.17) is 0 Å². The van der Waals surface area contributed by atoms with Gasteiger partial charge in [-0.15, -0.1) is 13.2 Å². The van der Waals surface area contributed by atoms with E-state index >= 15 is 0 Å². The molecule has 24 heavy (non-hydrogen) atoms. The molecule has 0 bridgehead atoms. The van der Waals surface area contributed by atoms with Gasteiger partial charge in [-0.1, -0.05) is 36.4 Å². The fourth-order valence-corrected chi connectivity index (χ4v) is 2.52. The van der Waals surface area contributed by atoms with E-state index in [2.05, 4.69) is 4.74 Å². The Bertz CT molecular complexity index is 917. The number of benzene rings is 3. The van der Waals surface area contributed by atoms with Crippen LogP contribution in [0.2, 0.25) is 0 Å². The lowest BCUT2D eigenvalue weighted by Gasteiger charge is -2.12. The van der Waals surface area contributed by atoms with Gasteiger partial charge in [-0.25, -0.2) is 4.79 Å². The third-order valence-corrected chi connectivity index (χ3v) is 3.49. The Hall–Kier alpha value is -3.02. The van der Waals surface area contributed by atoms with Crippen molar-refractivity contribution < 1.29 is 27.8 Å². The summed E-state index contributed by atoms with van der Waals surface area (Å²) in [6, 6.07) is 15.6. The van der Waals surface area contributed by atoms with E-state index in [0.29, 0.717) is 11.1 Å². The first-order valence-electron chi connectivity index (χ1n) is 6.96. The number of hydrogen-bond acceptors (Lipinski definition) is 2. The lowest BCUT2D eigenvalue weighted by atomic mass is 9.95. The lowest BCUT2D eigenvalue weighted by Crippen LogP contribution is -2.17. The molecule has 0 heterocycles. The maximum atomic E-state index is 12.4. The molecule has 0 saturated heterocycles. The first kappa shape index (κ1) is 15.9. The van der Waals surface area contributed by atoms with Gasteiger partial charge < -0.3 is 9.84 Å². The van der Waals surface area contributed by atoms with Crippen LogP contribution in [-0.2, 0) is 0 Å². The van der Waals surface area contributed by atoms with Crippen molar-refractivity contribution in [2.24, 2.45) is 0 Å². The highest BCUT2D eigenvalue weighted by Gasteiger charge is 2.31. The molecule has 0 spiro atoms. The molecule has 0 unspecified atom stereocenters. The summed E-state index contributed by atoms with van der Waals surface area (Å²) in [5.74, 6) is -1.55. The summed E-state index contributed by atoms with van der Waals surface area (Å²) in [6.07, 6.45) is -4.81. The Morgan fingerprint density at radius 2 is 1.58 bits per heavy atom. The number of ether oxygens (including phenoxy) is 1. The summed E-state index contributed by atoms with van der Waals surface area (Å²) >= 11 is 0. The van der Waals surface area contributed by atoms with E-state index in [1.807, 2.05) is 0 Å². The molecule has 0 aliphatic carbocycles. The zero-order valence-electron chi connectivity index (χ0n) is 12.2. The van der Waals surface area contributed by atoms with Gasteiger partial charge in [-0.05, 0) is 46.2 Å². The number of halogens is 3. The van der Waals surface area contributed by atoms with E-state index in [1.165, 1.54) is 24.3 Å². The van der Waals surface area contributed by atoms with E-state index < -0.39 is 18.1 Å². The number of fused-ring (bicyclic) bond motifs is 1. The largest absolute Gasteiger partial charge is 0.573 e. The van der Waals surface area contributed by atoms with Crippen LogP contribution in [0.5, 0.6) is 5.75 Å². The summed E-state index contributed by atoms with van der Waals surface area (Å²) in [5.41, 5.74) is 0.673. The van der Waals surface area contributed by atoms with E-state index in [1.54, 1.807) is 36.4 Å². The van der Waals surface area contributed by atoms with Gasteiger partial charge in [0, 0.05) is 0 Å². The molecule has 3 aromatic carbocycles. The van der Waals surface area contributed by atoms with Crippen molar-refractivity contribution in [2.45, 2.75) is 6.36 Å². The molecular formula is C18H11F3O3. The number of carboxylic acid groups (broad SMARTS) is 1. The highest BCUT2D eigenvalue weighted by atomic mass is 19.4. The molecule has 122 valence electrons. The lowest BCUT2D eigenvalue weighted by molar-refractivity contribution is -0.274. The normalized spacial score (nSPS) is 11.5. The van der Waals surface area contributed by atoms with Crippen molar-refractivity contribution in [1.29, 1.82) is 0 Å². The fraction of sp³-hybridized carbons (Fsp3) is 0.0556. The van der Waals surface area contributed by atoms with Crippen LogP contribution in [0.1, 0.15) is 10.4 Å². The van der Waals surface area contributed by atoms with Crippen molar-refractivity contribution in [3.05, 3.63) is 66.2 Å². The van der Waals surface area contributed by atoms with Crippen LogP contribution in [0.25, 0.3) is 21.9 Å². The standard InChI is InChI=1S/C18H11F3O3/c19-18(20,21)24-14-7-3-6-13(8-14)15-9-11-4-1-2-5-12(11)10-16(15)17(22)23/h1-10H,(H,22,23). The first-order chi connectivity index (χ1) is 11.3. The molecule has 0 saturated carbocycles. The molecular weight excluding hydrogens is 321 g/mol. The van der Waals surface area contributed by atoms with Crippen molar-refractivity contribution >= 4 is 16.7 Å². The summed E-state index contributed by atoms with van der Waals surface area (Å²) < 4.78 is 41.0. The summed E-state index contributed by atoms with van der Waals surface area (Å²) in [4.78, 5) is 11.5. The molecule has 0 radical (unpaired) electrons. The van der Waals surface area contributed by atoms with Crippen LogP contribution in [-0.4, -0.2) is 17.4 Å². The molecule has 6 heteroatoms. The molecule has 1 N–H and O–H groups in total. The Morgan fingerprint density at radius 1 is 0.917 bits per heavy atom. The van der Waals surface area contributed by atoms with Gasteiger partial charge >= 0.3 is 12.3 Å². The number of hydrogen-bond donors (Lipinski definition) is 1. The predicted molar refractivity (Wildman–Crippen MR) is 83.0 cm³/mol. The van der Waals surface area contributed by atoms with Crippen LogP contribution in [0.3, 0.4) is 0 Å². The van der Waals surface area contributed by atoms with Crippen LogP contribution in [0.15, 0.2) is 60.7 Å². The number of carbonyl (C=O) groups is 1. The van der Waals surface area contributed by atoms with Gasteiger partial charge in [-0.2, -0.15) is 0 Å². The number of alkyl halides is 3. The molecule has 3 nitrogen and oxygen atoms in total. The van der Waals surface area contributed by atoms with Gasteiger partial charge in [0.25, 0.3) is 0 Å². The smallest absolute Gasteiger partial charge is 0.478 e. The van der Waals surface area contributed by atoms with Gasteiger partial charge in [-0.3, -0.25) is 0 Å². The van der Waals surface area contributed by atoms with Gasteiger partial charge in [0.05, 0.1) is 5.56 Å². The number of rotatable bonds is 3. The minimum Gasteiger partial charge on any atom is -0.478 e. The van der Waals surface area contributed by atoms with Crippen LogP contribution < -0.4 is 4.74 Å². The molecule has 0 fully saturated rings. The average molecular weight is 332 g/mol. The van der Waals surface area contributed by atoms with Crippen molar-refractivity contribution in [1.82, 2.24) is 0 Å². The van der Waals surface area contributed by atoms with Crippen LogP contribution in [0.4, 0.5) is 13.2 Å². The zero-order valence-corrected chi connectivity index (χ0v) is 12.2. The number of aromatic carboxylic acids is 1. The van der Waals surface area contributed by atoms with Crippen molar-refractivity contribution in [2.75, 3.05) is 0 Å². The Balaban J connectivity index is 2.16. The highest BCUT2D eigenvalue weighted by Crippen LogP contribution is 2.32. The highest BCUT2D eigenvalue weighted by molar-refractivity contribution is 6.02. The Labute approximate surface area is 134 Å². The minimum absolute atomic E-state index is 0.0119. The fourth-order valence-electron chi connectivity index (χ4n) is 2.52. The first-order valence-corrected chi connectivity index (χ1v) is 6.96. The molecule has 3 aromatic rings. The van der Waals surface area contributed by atoms with Gasteiger partial charge in [0.2, 0.25) is 0 Å². The third kappa shape index (κ3) is 3.32. The van der Waals surface area contributed by atoms with Crippen molar-refractivity contribution in [3.63, 3.8) is 0 Å². The topological polar surface area (TPSA) is 46.5 Å². The molecule has 0 atom stereocenters. The second-order valence-corrected chi connectivity index (χ2v) is 5.13. The third-order valence-electron chi connectivity index (χ3n) is 3.49. The SMILES string of the molecule is O=C(O)c1cc2ccccc2cc1-c1cccc(OC(F)(F)F)c1. The van der Waals surface area contributed by atoms with E-state index in [9.17, 15) is 23.1 Å². The van der Waals surface area contributed by atoms with Crippen LogP contribution >= 0.6 is 0 Å². The summed E-state index contributed by atoms with van der Waals surface area (Å²) in [5, 5.41) is 11.0. The molecule has 0 aliphatic heterocycles. The summed E-state index contributed by atoms with van der Waals surface area (Å²) in [6.45, 7) is 0. The number of carboxylic acids is 1. The molecule has 3 rings (SSSR count). The van der Waals surface area contributed by atoms with Gasteiger partial charge in [0.1, 0.15) is 5.75 Å². The molecule has 0 aliphatic rings. The van der Waals surface area contributed by atoms with Crippen LogP contribution in [0, 0.1) is 0 Å². The predicted octanol–water partition coefficient (Wildman–Crippen LogP) is 5.10. The second-order valence-electron chi connectivity index (χ2n) is 5.13. The minimum atomic E-state index is -4.81. The maximum absolute atomic E-state index is 12.4. The quantitative estimate of drug-likeness (QED) is 0.725. The van der Waals surface area contributed by atoms with E-state index in [-0.39, 0.29) is 5.56 Å². The monoisotopic (exact) mass is 332 g/mol. The van der Waals surface area contributed by atoms with Crippen molar-refractivity contribution in [3.8, 4) is 16.9 Å². The van der Waals surface area contributed by atoms with Gasteiger partial charge in [0.15, 0.2) is 0 Å².